The zero-order valence-electron chi connectivity index (χ0n) is 11.3. The Morgan fingerprint density at radius 2 is 2.29 bits per heavy atom. The maximum absolute atomic E-state index is 5.51. The maximum Gasteiger partial charge on any atom is 0.122 e. The lowest BCUT2D eigenvalue weighted by Gasteiger charge is -2.23. The summed E-state index contributed by atoms with van der Waals surface area (Å²) in [7, 11) is 2.17. The van der Waals surface area contributed by atoms with E-state index in [2.05, 4.69) is 43.4 Å². The molecule has 1 heterocycles. The van der Waals surface area contributed by atoms with E-state index < -0.39 is 0 Å². The van der Waals surface area contributed by atoms with Crippen molar-refractivity contribution in [2.24, 2.45) is 0 Å². The van der Waals surface area contributed by atoms with Crippen molar-refractivity contribution in [3.05, 3.63) is 23.7 Å². The number of nitrogens with zero attached hydrogens (tertiary/aromatic N) is 1. The van der Waals surface area contributed by atoms with Crippen LogP contribution in [-0.4, -0.2) is 36.5 Å². The van der Waals surface area contributed by atoms with Crippen molar-refractivity contribution in [1.82, 2.24) is 10.2 Å². The Morgan fingerprint density at radius 3 is 2.94 bits per heavy atom. The quantitative estimate of drug-likeness (QED) is 0.774. The fraction of sp³-hybridized carbons (Fsp3) is 0.692. The predicted molar refractivity (Wildman–Crippen MR) is 75.4 cm³/mol. The Morgan fingerprint density at radius 1 is 1.53 bits per heavy atom. The number of thioether (sulfide) groups is 1. The zero-order valence-corrected chi connectivity index (χ0v) is 12.1. The molecular weight excluding hydrogens is 232 g/mol. The molecule has 0 saturated heterocycles. The van der Waals surface area contributed by atoms with Crippen molar-refractivity contribution in [2.75, 3.05) is 25.6 Å². The van der Waals surface area contributed by atoms with Crippen LogP contribution in [0.4, 0.5) is 0 Å². The molecule has 1 N–H and O–H groups in total. The van der Waals surface area contributed by atoms with Crippen molar-refractivity contribution < 1.29 is 4.42 Å². The standard InChI is InChI=1S/C13H24N2OS/c1-5-14-8-13-12(6-7-16-13)9-15(3)11(2)10-17-4/h6-7,11,14H,5,8-10H2,1-4H3. The third-order valence-corrected chi connectivity index (χ3v) is 3.77. The summed E-state index contributed by atoms with van der Waals surface area (Å²) in [6.07, 6.45) is 3.94. The third-order valence-electron chi connectivity index (χ3n) is 2.95. The molecule has 1 aromatic rings. The van der Waals surface area contributed by atoms with Crippen molar-refractivity contribution in [3.63, 3.8) is 0 Å². The fourth-order valence-corrected chi connectivity index (χ4v) is 2.43. The lowest BCUT2D eigenvalue weighted by Crippen LogP contribution is -2.30. The first-order valence-electron chi connectivity index (χ1n) is 6.14. The summed E-state index contributed by atoms with van der Waals surface area (Å²) >= 11 is 1.89. The molecular formula is C13H24N2OS. The van der Waals surface area contributed by atoms with Crippen LogP contribution in [0.2, 0.25) is 0 Å². The molecule has 0 spiro atoms. The SMILES string of the molecule is CCNCc1occc1CN(C)C(C)CSC. The van der Waals surface area contributed by atoms with Gasteiger partial charge >= 0.3 is 0 Å². The Balaban J connectivity index is 2.52. The van der Waals surface area contributed by atoms with Crippen LogP contribution in [0.25, 0.3) is 0 Å². The largest absolute Gasteiger partial charge is 0.468 e. The molecule has 0 saturated carbocycles. The molecule has 0 aliphatic carbocycles. The highest BCUT2D eigenvalue weighted by molar-refractivity contribution is 7.98. The molecule has 1 unspecified atom stereocenters. The van der Waals surface area contributed by atoms with Gasteiger partial charge in [0.1, 0.15) is 5.76 Å². The summed E-state index contributed by atoms with van der Waals surface area (Å²) in [5.74, 6) is 2.23. The number of hydrogen-bond donors (Lipinski definition) is 1. The highest BCUT2D eigenvalue weighted by atomic mass is 32.2. The minimum absolute atomic E-state index is 0.590. The van der Waals surface area contributed by atoms with Crippen molar-refractivity contribution >= 4 is 11.8 Å². The summed E-state index contributed by atoms with van der Waals surface area (Å²) in [5, 5.41) is 3.30. The number of nitrogens with one attached hydrogen (secondary N) is 1. The normalized spacial score (nSPS) is 13.2. The first-order valence-corrected chi connectivity index (χ1v) is 7.53. The number of hydrogen-bond acceptors (Lipinski definition) is 4. The van der Waals surface area contributed by atoms with Crippen molar-refractivity contribution in [3.8, 4) is 0 Å². The molecule has 1 atom stereocenters. The van der Waals surface area contributed by atoms with Crippen molar-refractivity contribution in [1.29, 1.82) is 0 Å². The summed E-state index contributed by atoms with van der Waals surface area (Å²) in [6.45, 7) is 7.12. The Labute approximate surface area is 109 Å². The van der Waals surface area contributed by atoms with Gasteiger partial charge in [0.05, 0.1) is 12.8 Å². The highest BCUT2D eigenvalue weighted by Gasteiger charge is 2.12. The molecule has 3 nitrogen and oxygen atoms in total. The van der Waals surface area contributed by atoms with Gasteiger partial charge in [0.2, 0.25) is 0 Å². The van der Waals surface area contributed by atoms with Crippen LogP contribution in [0.3, 0.4) is 0 Å². The minimum atomic E-state index is 0.590. The summed E-state index contributed by atoms with van der Waals surface area (Å²) in [6, 6.07) is 2.67. The topological polar surface area (TPSA) is 28.4 Å². The highest BCUT2D eigenvalue weighted by Crippen LogP contribution is 2.15. The van der Waals surface area contributed by atoms with Gasteiger partial charge in [0.15, 0.2) is 0 Å². The van der Waals surface area contributed by atoms with Gasteiger partial charge in [-0.1, -0.05) is 6.92 Å². The van der Waals surface area contributed by atoms with Gasteiger partial charge < -0.3 is 9.73 Å². The van der Waals surface area contributed by atoms with Crippen LogP contribution in [0.15, 0.2) is 16.7 Å². The van der Waals surface area contributed by atoms with E-state index >= 15 is 0 Å². The molecule has 1 aromatic heterocycles. The van der Waals surface area contributed by atoms with E-state index in [1.54, 1.807) is 6.26 Å². The van der Waals surface area contributed by atoms with Gasteiger partial charge in [0.25, 0.3) is 0 Å². The average Bonchev–Trinajstić information content (AvgIpc) is 2.74. The molecule has 0 radical (unpaired) electrons. The fourth-order valence-electron chi connectivity index (χ4n) is 1.69. The minimum Gasteiger partial charge on any atom is -0.468 e. The van der Waals surface area contributed by atoms with E-state index in [4.69, 9.17) is 4.42 Å². The molecule has 17 heavy (non-hydrogen) atoms. The Kier molecular flexibility index (Phi) is 6.70. The van der Waals surface area contributed by atoms with E-state index in [1.807, 2.05) is 11.8 Å². The maximum atomic E-state index is 5.51. The lowest BCUT2D eigenvalue weighted by atomic mass is 10.2. The summed E-state index contributed by atoms with van der Waals surface area (Å²) in [4.78, 5) is 2.37. The molecule has 0 aliphatic heterocycles. The lowest BCUT2D eigenvalue weighted by molar-refractivity contribution is 0.267. The Bertz CT molecular complexity index is 314. The molecule has 1 rings (SSSR count). The molecule has 0 fully saturated rings. The molecule has 4 heteroatoms. The number of rotatable bonds is 8. The molecule has 0 aliphatic rings. The van der Waals surface area contributed by atoms with E-state index in [-0.39, 0.29) is 0 Å². The van der Waals surface area contributed by atoms with Crippen LogP contribution in [0.5, 0.6) is 0 Å². The summed E-state index contributed by atoms with van der Waals surface area (Å²) < 4.78 is 5.51. The first-order chi connectivity index (χ1) is 8.19. The van der Waals surface area contributed by atoms with Gasteiger partial charge in [-0.25, -0.2) is 0 Å². The van der Waals surface area contributed by atoms with Gasteiger partial charge in [-0.2, -0.15) is 11.8 Å². The molecule has 0 aromatic carbocycles. The van der Waals surface area contributed by atoms with Crippen LogP contribution in [0, 0.1) is 0 Å². The number of furan rings is 1. The second-order valence-corrected chi connectivity index (χ2v) is 5.28. The monoisotopic (exact) mass is 256 g/mol. The van der Waals surface area contributed by atoms with Gasteiger partial charge in [-0.3, -0.25) is 4.90 Å². The molecule has 0 amide bonds. The first kappa shape index (κ1) is 14.6. The van der Waals surface area contributed by atoms with Gasteiger partial charge in [-0.15, -0.1) is 0 Å². The average molecular weight is 256 g/mol. The summed E-state index contributed by atoms with van der Waals surface area (Å²) in [5.41, 5.74) is 1.29. The van der Waals surface area contributed by atoms with E-state index in [9.17, 15) is 0 Å². The smallest absolute Gasteiger partial charge is 0.122 e. The Hall–Kier alpha value is -0.450. The van der Waals surface area contributed by atoms with Crippen LogP contribution in [0.1, 0.15) is 25.2 Å². The van der Waals surface area contributed by atoms with Crippen LogP contribution < -0.4 is 5.32 Å². The second-order valence-electron chi connectivity index (χ2n) is 4.37. The van der Waals surface area contributed by atoms with Crippen molar-refractivity contribution in [2.45, 2.75) is 33.0 Å². The zero-order chi connectivity index (χ0) is 12.7. The van der Waals surface area contributed by atoms with E-state index in [0.29, 0.717) is 6.04 Å². The van der Waals surface area contributed by atoms with Crippen LogP contribution in [-0.2, 0) is 13.1 Å². The molecule has 98 valence electrons. The molecule has 0 bridgehead atoms. The third kappa shape index (κ3) is 4.74. The predicted octanol–water partition coefficient (Wildman–Crippen LogP) is 2.57. The van der Waals surface area contributed by atoms with Crippen LogP contribution >= 0.6 is 11.8 Å². The van der Waals surface area contributed by atoms with Gasteiger partial charge in [-0.05, 0) is 32.8 Å². The second kappa shape index (κ2) is 7.80. The van der Waals surface area contributed by atoms with Gasteiger partial charge in [0, 0.05) is 23.9 Å². The van der Waals surface area contributed by atoms with E-state index in [1.165, 1.54) is 5.56 Å². The van der Waals surface area contributed by atoms with E-state index in [0.717, 1.165) is 31.1 Å².